The molecule has 1 aliphatic rings. The topological polar surface area (TPSA) is 77.2 Å². The van der Waals surface area contributed by atoms with Gasteiger partial charge in [0.25, 0.3) is 11.1 Å². The quantitative estimate of drug-likeness (QED) is 0.383. The van der Waals surface area contributed by atoms with E-state index >= 15 is 0 Å². The number of amides is 1. The van der Waals surface area contributed by atoms with Crippen LogP contribution in [0.15, 0.2) is 70.3 Å². The molecule has 0 spiro atoms. The first kappa shape index (κ1) is 20.6. The zero-order chi connectivity index (χ0) is 21.8. The van der Waals surface area contributed by atoms with Crippen molar-refractivity contribution in [1.82, 2.24) is 10.2 Å². The molecule has 1 heterocycles. The second-order valence-corrected chi connectivity index (χ2v) is 8.71. The molecule has 1 aliphatic carbocycles. The fraction of sp³-hybridized carbons (Fsp3) is 0.240. The second kappa shape index (κ2) is 9.44. The molecule has 0 bridgehead atoms. The van der Waals surface area contributed by atoms with E-state index in [1.54, 1.807) is 0 Å². The minimum Gasteiger partial charge on any atom is -0.484 e. The molecule has 0 atom stereocenters. The lowest BCUT2D eigenvalue weighted by Crippen LogP contribution is -2.13. The van der Waals surface area contributed by atoms with Gasteiger partial charge >= 0.3 is 0 Å². The highest BCUT2D eigenvalue weighted by Crippen LogP contribution is 2.26. The zero-order valence-electron chi connectivity index (χ0n) is 17.5. The van der Waals surface area contributed by atoms with Gasteiger partial charge in [0.15, 0.2) is 6.61 Å². The highest BCUT2D eigenvalue weighted by Gasteiger charge is 2.13. The summed E-state index contributed by atoms with van der Waals surface area (Å²) in [5, 5.41) is 13.5. The van der Waals surface area contributed by atoms with E-state index in [2.05, 4.69) is 27.6 Å². The molecule has 5 rings (SSSR count). The van der Waals surface area contributed by atoms with Crippen molar-refractivity contribution in [3.05, 3.63) is 77.7 Å². The first-order valence-electron chi connectivity index (χ1n) is 10.7. The molecule has 32 heavy (non-hydrogen) atoms. The number of nitrogens with one attached hydrogen (secondary N) is 1. The number of rotatable bonds is 7. The Morgan fingerprint density at radius 1 is 0.969 bits per heavy atom. The molecule has 0 radical (unpaired) electrons. The van der Waals surface area contributed by atoms with Crippen molar-refractivity contribution in [3.63, 3.8) is 0 Å². The number of nitrogens with zero attached hydrogens (tertiary/aromatic N) is 2. The van der Waals surface area contributed by atoms with Gasteiger partial charge < -0.3 is 14.5 Å². The summed E-state index contributed by atoms with van der Waals surface area (Å²) in [7, 11) is 0. The predicted molar refractivity (Wildman–Crippen MR) is 125 cm³/mol. The van der Waals surface area contributed by atoms with Crippen LogP contribution in [0.4, 0.5) is 5.69 Å². The van der Waals surface area contributed by atoms with Crippen LogP contribution in [0.1, 0.15) is 29.9 Å². The number of aryl methyl sites for hydroxylation is 2. The zero-order valence-corrected chi connectivity index (χ0v) is 18.4. The summed E-state index contributed by atoms with van der Waals surface area (Å²) in [6, 6.07) is 20.1. The van der Waals surface area contributed by atoms with E-state index in [-0.39, 0.29) is 18.3 Å². The number of carbonyl (C=O) groups excluding carboxylic acids is 1. The van der Waals surface area contributed by atoms with Crippen LogP contribution in [-0.2, 0) is 24.2 Å². The minimum absolute atomic E-state index is 0.129. The maximum absolute atomic E-state index is 12.3. The lowest BCUT2D eigenvalue weighted by atomic mass is 9.92. The summed E-state index contributed by atoms with van der Waals surface area (Å²) in [5.74, 6) is 1.25. The smallest absolute Gasteiger partial charge is 0.277 e. The third-order valence-corrected chi connectivity index (χ3v) is 6.31. The Hall–Kier alpha value is -3.32. The maximum atomic E-state index is 12.3. The van der Waals surface area contributed by atoms with Crippen LogP contribution >= 0.6 is 11.8 Å². The van der Waals surface area contributed by atoms with Gasteiger partial charge in [-0.25, -0.2) is 0 Å². The number of aromatic nitrogens is 2. The SMILES string of the molecule is O=C(CSc1nnc(COc2ccc3c(c2)CCCC3)o1)Nc1ccc2ccccc2c1. The number of anilines is 1. The molecule has 7 heteroatoms. The van der Waals surface area contributed by atoms with Crippen molar-refractivity contribution >= 4 is 34.1 Å². The molecular formula is C25H23N3O3S. The van der Waals surface area contributed by atoms with Crippen molar-refractivity contribution in [1.29, 1.82) is 0 Å². The van der Waals surface area contributed by atoms with E-state index in [0.29, 0.717) is 11.1 Å². The number of thioether (sulfide) groups is 1. The molecule has 6 nitrogen and oxygen atoms in total. The van der Waals surface area contributed by atoms with E-state index < -0.39 is 0 Å². The maximum Gasteiger partial charge on any atom is 0.277 e. The number of hydrogen-bond donors (Lipinski definition) is 1. The Balaban J connectivity index is 1.12. The summed E-state index contributed by atoms with van der Waals surface area (Å²) < 4.78 is 11.4. The van der Waals surface area contributed by atoms with E-state index in [9.17, 15) is 4.79 Å². The lowest BCUT2D eigenvalue weighted by Gasteiger charge is -2.16. The van der Waals surface area contributed by atoms with Crippen molar-refractivity contribution in [3.8, 4) is 5.75 Å². The second-order valence-electron chi connectivity index (χ2n) is 7.79. The van der Waals surface area contributed by atoms with Crippen molar-refractivity contribution in [2.45, 2.75) is 37.5 Å². The highest BCUT2D eigenvalue weighted by atomic mass is 32.2. The Labute approximate surface area is 190 Å². The van der Waals surface area contributed by atoms with Crippen molar-refractivity contribution < 1.29 is 13.9 Å². The summed E-state index contributed by atoms with van der Waals surface area (Å²) in [6.07, 6.45) is 4.74. The Bertz CT molecular complexity index is 1250. The number of ether oxygens (including phenoxy) is 1. The van der Waals surface area contributed by atoms with Crippen LogP contribution in [0.25, 0.3) is 10.8 Å². The van der Waals surface area contributed by atoms with E-state index in [1.807, 2.05) is 48.5 Å². The molecule has 0 fully saturated rings. The lowest BCUT2D eigenvalue weighted by molar-refractivity contribution is -0.113. The van der Waals surface area contributed by atoms with E-state index in [4.69, 9.17) is 9.15 Å². The van der Waals surface area contributed by atoms with E-state index in [1.165, 1.54) is 35.7 Å². The summed E-state index contributed by atoms with van der Waals surface area (Å²) in [4.78, 5) is 12.3. The fourth-order valence-corrected chi connectivity index (χ4v) is 4.47. The number of benzene rings is 3. The molecule has 1 N–H and O–H groups in total. The summed E-state index contributed by atoms with van der Waals surface area (Å²) in [6.45, 7) is 0.204. The van der Waals surface area contributed by atoms with Gasteiger partial charge in [-0.3, -0.25) is 4.79 Å². The molecule has 0 aliphatic heterocycles. The average Bonchev–Trinajstić information content (AvgIpc) is 3.29. The van der Waals surface area contributed by atoms with Gasteiger partial charge in [0.2, 0.25) is 5.91 Å². The Kier molecular flexibility index (Phi) is 6.07. The van der Waals surface area contributed by atoms with Crippen molar-refractivity contribution in [2.75, 3.05) is 11.1 Å². The highest BCUT2D eigenvalue weighted by molar-refractivity contribution is 7.99. The predicted octanol–water partition coefficient (Wildman–Crippen LogP) is 5.41. The molecule has 0 saturated carbocycles. The largest absolute Gasteiger partial charge is 0.484 e. The normalized spacial score (nSPS) is 13.0. The average molecular weight is 446 g/mol. The van der Waals surface area contributed by atoms with Gasteiger partial charge in [-0.15, -0.1) is 10.2 Å². The first-order chi connectivity index (χ1) is 15.7. The summed E-state index contributed by atoms with van der Waals surface area (Å²) in [5.41, 5.74) is 3.55. The molecule has 162 valence electrons. The Morgan fingerprint density at radius 2 is 1.81 bits per heavy atom. The molecule has 4 aromatic rings. The molecular weight excluding hydrogens is 422 g/mol. The van der Waals surface area contributed by atoms with Gasteiger partial charge in [-0.05, 0) is 71.8 Å². The van der Waals surface area contributed by atoms with Crippen LogP contribution in [0.2, 0.25) is 0 Å². The van der Waals surface area contributed by atoms with E-state index in [0.717, 1.165) is 35.1 Å². The van der Waals surface area contributed by atoms with Crippen LogP contribution in [0.5, 0.6) is 5.75 Å². The number of fused-ring (bicyclic) bond motifs is 2. The summed E-state index contributed by atoms with van der Waals surface area (Å²) >= 11 is 1.20. The number of carbonyl (C=O) groups is 1. The fourth-order valence-electron chi connectivity index (χ4n) is 3.89. The third kappa shape index (κ3) is 4.94. The molecule has 1 amide bonds. The monoisotopic (exact) mass is 445 g/mol. The van der Waals surface area contributed by atoms with Crippen LogP contribution in [0.3, 0.4) is 0 Å². The molecule has 0 saturated heterocycles. The van der Waals surface area contributed by atoms with Crippen molar-refractivity contribution in [2.24, 2.45) is 0 Å². The first-order valence-corrected chi connectivity index (χ1v) is 11.7. The molecule has 3 aromatic carbocycles. The van der Waals surface area contributed by atoms with Crippen LogP contribution in [0, 0.1) is 0 Å². The minimum atomic E-state index is -0.129. The molecule has 0 unspecified atom stereocenters. The third-order valence-electron chi connectivity index (χ3n) is 5.49. The Morgan fingerprint density at radius 3 is 2.72 bits per heavy atom. The van der Waals surface area contributed by atoms with Gasteiger partial charge in [-0.2, -0.15) is 0 Å². The molecule has 1 aromatic heterocycles. The number of hydrogen-bond acceptors (Lipinski definition) is 6. The van der Waals surface area contributed by atoms with Crippen LogP contribution < -0.4 is 10.1 Å². The van der Waals surface area contributed by atoms with Gasteiger partial charge in [0.05, 0.1) is 5.75 Å². The standard InChI is InChI=1S/C25H23N3O3S/c29-23(26-21-11-9-17-5-1-3-7-19(17)13-21)16-32-25-28-27-24(31-25)15-30-22-12-10-18-6-2-4-8-20(18)14-22/h1,3,5,7,9-14H,2,4,6,8,15-16H2,(H,26,29). The van der Waals surface area contributed by atoms with Crippen LogP contribution in [-0.4, -0.2) is 21.9 Å². The van der Waals surface area contributed by atoms with Gasteiger partial charge in [-0.1, -0.05) is 48.2 Å². The van der Waals surface area contributed by atoms with Gasteiger partial charge in [0.1, 0.15) is 5.75 Å². The van der Waals surface area contributed by atoms with Gasteiger partial charge in [0, 0.05) is 5.69 Å².